The molecule has 0 saturated heterocycles. The molecule has 3 heterocycles. The number of carboxylic acids is 1. The van der Waals surface area contributed by atoms with Crippen LogP contribution in [0, 0.1) is 13.8 Å². The number of aliphatic hydroxyl groups is 1. The number of rotatable bonds is 8. The lowest BCUT2D eigenvalue weighted by Crippen LogP contribution is -2.10. The highest BCUT2D eigenvalue weighted by Crippen LogP contribution is 2.40. The summed E-state index contributed by atoms with van der Waals surface area (Å²) in [7, 11) is 1.65. The molecule has 2 aromatic carbocycles. The zero-order chi connectivity index (χ0) is 26.1. The zero-order valence-electron chi connectivity index (χ0n) is 20.7. The predicted molar refractivity (Wildman–Crippen MR) is 142 cm³/mol. The molecule has 3 N–H and O–H groups in total. The van der Waals surface area contributed by atoms with Crippen molar-refractivity contribution in [1.29, 1.82) is 0 Å². The van der Waals surface area contributed by atoms with Gasteiger partial charge in [0.1, 0.15) is 22.6 Å². The van der Waals surface area contributed by atoms with Crippen LogP contribution in [0.3, 0.4) is 0 Å². The van der Waals surface area contributed by atoms with Gasteiger partial charge in [0.25, 0.3) is 0 Å². The first kappa shape index (κ1) is 24.7. The number of hydrogen-bond acceptors (Lipinski definition) is 8. The topological polar surface area (TPSA) is 122 Å². The highest BCUT2D eigenvalue weighted by molar-refractivity contribution is 7.15. The first-order valence-electron chi connectivity index (χ1n) is 11.8. The molecule has 9 nitrogen and oxygen atoms in total. The summed E-state index contributed by atoms with van der Waals surface area (Å²) in [6.45, 7) is 4.33. The summed E-state index contributed by atoms with van der Waals surface area (Å²) >= 11 is 1.45. The number of aliphatic carboxylic acids is 1. The lowest BCUT2D eigenvalue weighted by molar-refractivity contribution is -0.137. The molecule has 0 saturated carbocycles. The van der Waals surface area contributed by atoms with Crippen LogP contribution in [0.25, 0.3) is 5.00 Å². The predicted octanol–water partition coefficient (Wildman–Crippen LogP) is 4.43. The van der Waals surface area contributed by atoms with E-state index in [1.165, 1.54) is 11.3 Å². The van der Waals surface area contributed by atoms with E-state index in [0.29, 0.717) is 23.9 Å². The highest BCUT2D eigenvalue weighted by atomic mass is 32.1. The van der Waals surface area contributed by atoms with Crippen molar-refractivity contribution in [3.8, 4) is 10.8 Å². The van der Waals surface area contributed by atoms with Gasteiger partial charge in [-0.15, -0.1) is 21.5 Å². The average Bonchev–Trinajstić information content (AvgIpc) is 3.40. The molecule has 190 valence electrons. The van der Waals surface area contributed by atoms with Crippen molar-refractivity contribution in [1.82, 2.24) is 14.8 Å². The Hall–Kier alpha value is -4.02. The van der Waals surface area contributed by atoms with Gasteiger partial charge >= 0.3 is 5.97 Å². The van der Waals surface area contributed by atoms with E-state index in [4.69, 9.17) is 9.73 Å². The molecule has 0 fully saturated rings. The average molecular weight is 518 g/mol. The van der Waals surface area contributed by atoms with Gasteiger partial charge in [0.2, 0.25) is 0 Å². The first-order chi connectivity index (χ1) is 17.9. The van der Waals surface area contributed by atoms with Gasteiger partial charge in [-0.1, -0.05) is 24.3 Å². The van der Waals surface area contributed by atoms with Gasteiger partial charge in [-0.25, -0.2) is 0 Å². The van der Waals surface area contributed by atoms with Crippen LogP contribution < -0.4 is 10.1 Å². The van der Waals surface area contributed by atoms with E-state index in [0.717, 1.165) is 43.6 Å². The van der Waals surface area contributed by atoms with Crippen molar-refractivity contribution in [2.24, 2.45) is 4.99 Å². The number of thiophene rings is 1. The quantitative estimate of drug-likeness (QED) is 0.316. The zero-order valence-corrected chi connectivity index (χ0v) is 21.5. The number of nitrogens with one attached hydrogen (secondary N) is 1. The Balaban J connectivity index is 1.53. The van der Waals surface area contributed by atoms with E-state index in [1.807, 2.05) is 66.9 Å². The Bertz CT molecular complexity index is 1490. The number of hydrogen-bond donors (Lipinski definition) is 3. The summed E-state index contributed by atoms with van der Waals surface area (Å²) in [4.78, 5) is 17.5. The second-order valence-electron chi connectivity index (χ2n) is 8.80. The maximum Gasteiger partial charge on any atom is 0.306 e. The van der Waals surface area contributed by atoms with Gasteiger partial charge in [0, 0.05) is 28.2 Å². The molecule has 0 amide bonds. The Kier molecular flexibility index (Phi) is 6.77. The molecule has 4 aromatic rings. The van der Waals surface area contributed by atoms with Crippen LogP contribution in [0.5, 0.6) is 5.75 Å². The van der Waals surface area contributed by atoms with E-state index in [1.54, 1.807) is 7.11 Å². The number of anilines is 1. The second kappa shape index (κ2) is 10.2. The minimum atomic E-state index is -0.963. The molecule has 0 aliphatic carbocycles. The van der Waals surface area contributed by atoms with Gasteiger partial charge in [-0.3, -0.25) is 14.4 Å². The van der Waals surface area contributed by atoms with E-state index < -0.39 is 12.0 Å². The fourth-order valence-electron chi connectivity index (χ4n) is 4.51. The van der Waals surface area contributed by atoms with Gasteiger partial charge < -0.3 is 20.3 Å². The van der Waals surface area contributed by atoms with Crippen LogP contribution in [0.2, 0.25) is 0 Å². The summed E-state index contributed by atoms with van der Waals surface area (Å²) in [6, 6.07) is 15.1. The van der Waals surface area contributed by atoms with Crippen molar-refractivity contribution in [2.75, 3.05) is 12.4 Å². The van der Waals surface area contributed by atoms with Gasteiger partial charge in [0.15, 0.2) is 5.82 Å². The molecule has 10 heteroatoms. The van der Waals surface area contributed by atoms with Crippen LogP contribution in [0.15, 0.2) is 53.5 Å². The van der Waals surface area contributed by atoms with Gasteiger partial charge in [0.05, 0.1) is 25.8 Å². The molecular weight excluding hydrogens is 490 g/mol. The normalized spacial score (nSPS) is 14.4. The lowest BCUT2D eigenvalue weighted by Gasteiger charge is -2.12. The Labute approximate surface area is 218 Å². The molecule has 1 aliphatic heterocycles. The van der Waals surface area contributed by atoms with Crippen molar-refractivity contribution in [3.05, 3.63) is 87.3 Å². The number of benzene rings is 2. The summed E-state index contributed by atoms with van der Waals surface area (Å²) in [6.07, 6.45) is -0.206. The van der Waals surface area contributed by atoms with E-state index in [9.17, 15) is 15.0 Å². The van der Waals surface area contributed by atoms with E-state index >= 15 is 0 Å². The lowest BCUT2D eigenvalue weighted by atomic mass is 9.99. The fourth-order valence-corrected chi connectivity index (χ4v) is 5.73. The van der Waals surface area contributed by atoms with Crippen molar-refractivity contribution in [2.45, 2.75) is 39.5 Å². The standard InChI is InChI=1S/C27H27N5O4S/c1-15-22(14-33)37-27-24(15)25(29-21(12-23(34)35)26-31-30-16(2)32(26)27)18-7-9-19(10-8-18)28-13-17-5-4-6-20(11-17)36-3/h4-11,21,28,33H,12-14H2,1-3H3,(H,34,35)/t21-/m0/s1. The fraction of sp³-hybridized carbons (Fsp3) is 0.259. The van der Waals surface area contributed by atoms with Crippen molar-refractivity contribution in [3.63, 3.8) is 0 Å². The summed E-state index contributed by atoms with van der Waals surface area (Å²) in [5.74, 6) is 0.978. The van der Waals surface area contributed by atoms with Gasteiger partial charge in [-0.2, -0.15) is 0 Å². The second-order valence-corrected chi connectivity index (χ2v) is 9.89. The number of nitrogens with zero attached hydrogens (tertiary/aromatic N) is 4. The number of ether oxygens (including phenoxy) is 1. The molecule has 1 atom stereocenters. The number of fused-ring (bicyclic) bond motifs is 3. The van der Waals surface area contributed by atoms with E-state index in [2.05, 4.69) is 15.5 Å². The molecule has 37 heavy (non-hydrogen) atoms. The first-order valence-corrected chi connectivity index (χ1v) is 12.6. The minimum absolute atomic E-state index is 0.0982. The van der Waals surface area contributed by atoms with Crippen LogP contribution in [-0.4, -0.2) is 43.8 Å². The molecule has 5 rings (SSSR count). The molecule has 0 unspecified atom stereocenters. The number of carbonyl (C=O) groups is 1. The number of carboxylic acid groups (broad SMARTS) is 1. The Morgan fingerprint density at radius 1 is 1.16 bits per heavy atom. The van der Waals surface area contributed by atoms with Crippen LogP contribution in [-0.2, 0) is 17.9 Å². The summed E-state index contributed by atoms with van der Waals surface area (Å²) in [5.41, 5.74) is 5.35. The molecule has 0 radical (unpaired) electrons. The molecule has 2 aromatic heterocycles. The monoisotopic (exact) mass is 517 g/mol. The third-order valence-corrected chi connectivity index (χ3v) is 7.66. The SMILES string of the molecule is COc1cccc(CNc2ccc(C3=N[C@@H](CC(=O)O)c4nnc(C)n4-c4sc(CO)c(C)c43)cc2)c1. The van der Waals surface area contributed by atoms with E-state index in [-0.39, 0.29) is 13.0 Å². The minimum Gasteiger partial charge on any atom is -0.497 e. The molecule has 1 aliphatic rings. The highest BCUT2D eigenvalue weighted by Gasteiger charge is 2.32. The number of aryl methyl sites for hydroxylation is 1. The Morgan fingerprint density at radius 2 is 1.95 bits per heavy atom. The van der Waals surface area contributed by atoms with Crippen molar-refractivity contribution >= 4 is 28.7 Å². The smallest absolute Gasteiger partial charge is 0.306 e. The third-order valence-electron chi connectivity index (χ3n) is 6.40. The molecule has 0 bridgehead atoms. The Morgan fingerprint density at radius 3 is 2.65 bits per heavy atom. The van der Waals surface area contributed by atoms with Gasteiger partial charge in [-0.05, 0) is 49.2 Å². The maximum absolute atomic E-state index is 11.7. The van der Waals surface area contributed by atoms with Crippen molar-refractivity contribution < 1.29 is 19.7 Å². The number of aliphatic imine (C=N–C) groups is 1. The van der Waals surface area contributed by atoms with Crippen LogP contribution in [0.1, 0.15) is 51.2 Å². The number of aliphatic hydroxyl groups excluding tert-OH is 1. The molecular formula is C27H27N5O4S. The molecule has 0 spiro atoms. The third kappa shape index (κ3) is 4.73. The summed E-state index contributed by atoms with van der Waals surface area (Å²) in [5, 5.41) is 32.4. The number of aromatic nitrogens is 3. The summed E-state index contributed by atoms with van der Waals surface area (Å²) < 4.78 is 7.18. The van der Waals surface area contributed by atoms with Crippen LogP contribution >= 0.6 is 11.3 Å². The maximum atomic E-state index is 11.7. The van der Waals surface area contributed by atoms with Crippen LogP contribution in [0.4, 0.5) is 5.69 Å². The number of methoxy groups -OCH3 is 1. The largest absolute Gasteiger partial charge is 0.497 e.